The molecule has 0 saturated carbocycles. The third-order valence-electron chi connectivity index (χ3n) is 3.30. The van der Waals surface area contributed by atoms with Crippen LogP contribution in [-0.2, 0) is 15.9 Å². The molecule has 0 spiro atoms. The minimum absolute atomic E-state index is 0.212. The first-order valence-corrected chi connectivity index (χ1v) is 9.04. The van der Waals surface area contributed by atoms with Crippen molar-refractivity contribution in [2.24, 2.45) is 0 Å². The summed E-state index contributed by atoms with van der Waals surface area (Å²) >= 11 is 6.83. The average molecular weight is 348 g/mol. The standard InChI is InChI=1S/C14H15ClFNO2S2/c1-10(12-5-3-4-6-13(12)16)17(2)21(18,19)14-8-7-11(9-15)20-14/h3-8,10H,9H2,1-2H3. The van der Waals surface area contributed by atoms with Crippen molar-refractivity contribution in [3.05, 3.63) is 52.7 Å². The molecule has 0 aliphatic rings. The molecule has 21 heavy (non-hydrogen) atoms. The third-order valence-corrected chi connectivity index (χ3v) is 7.23. The molecule has 2 aromatic rings. The van der Waals surface area contributed by atoms with Crippen molar-refractivity contribution in [2.75, 3.05) is 7.05 Å². The van der Waals surface area contributed by atoms with Crippen molar-refractivity contribution in [3.8, 4) is 0 Å². The zero-order chi connectivity index (χ0) is 15.6. The predicted molar refractivity (Wildman–Crippen MR) is 83.6 cm³/mol. The first-order valence-electron chi connectivity index (χ1n) is 6.25. The highest BCUT2D eigenvalue weighted by Gasteiger charge is 2.28. The van der Waals surface area contributed by atoms with E-state index in [2.05, 4.69) is 0 Å². The van der Waals surface area contributed by atoms with E-state index in [1.54, 1.807) is 31.2 Å². The van der Waals surface area contributed by atoms with Gasteiger partial charge in [-0.05, 0) is 25.1 Å². The molecule has 0 N–H and O–H groups in total. The van der Waals surface area contributed by atoms with Gasteiger partial charge in [0.25, 0.3) is 10.0 Å². The largest absolute Gasteiger partial charge is 0.252 e. The minimum atomic E-state index is -3.67. The lowest BCUT2D eigenvalue weighted by Crippen LogP contribution is -2.29. The highest BCUT2D eigenvalue weighted by atomic mass is 35.5. The molecule has 0 amide bonds. The molecule has 7 heteroatoms. The summed E-state index contributed by atoms with van der Waals surface area (Å²) in [5.74, 6) is -0.146. The van der Waals surface area contributed by atoms with E-state index in [0.29, 0.717) is 5.56 Å². The maximum absolute atomic E-state index is 13.8. The number of thiophene rings is 1. The molecular weight excluding hydrogens is 333 g/mol. The van der Waals surface area contributed by atoms with Crippen LogP contribution in [-0.4, -0.2) is 19.8 Å². The molecule has 0 bridgehead atoms. The number of hydrogen-bond donors (Lipinski definition) is 0. The number of nitrogens with zero attached hydrogens (tertiary/aromatic N) is 1. The van der Waals surface area contributed by atoms with Crippen molar-refractivity contribution in [2.45, 2.75) is 23.1 Å². The van der Waals surface area contributed by atoms with Crippen LogP contribution < -0.4 is 0 Å². The molecule has 3 nitrogen and oxygen atoms in total. The van der Waals surface area contributed by atoms with Crippen LogP contribution in [0.4, 0.5) is 4.39 Å². The number of halogens is 2. The van der Waals surface area contributed by atoms with Crippen LogP contribution >= 0.6 is 22.9 Å². The van der Waals surface area contributed by atoms with Crippen LogP contribution in [0.15, 0.2) is 40.6 Å². The van der Waals surface area contributed by atoms with Gasteiger partial charge in [-0.3, -0.25) is 0 Å². The van der Waals surface area contributed by atoms with Crippen molar-refractivity contribution in [3.63, 3.8) is 0 Å². The topological polar surface area (TPSA) is 37.4 Å². The predicted octanol–water partition coefficient (Wildman–Crippen LogP) is 4.01. The first-order chi connectivity index (χ1) is 9.87. The summed E-state index contributed by atoms with van der Waals surface area (Å²) in [5, 5.41) is 0. The van der Waals surface area contributed by atoms with Gasteiger partial charge in [0, 0.05) is 23.5 Å². The second kappa shape index (κ2) is 6.44. The Bertz CT molecular complexity index is 730. The lowest BCUT2D eigenvalue weighted by Gasteiger charge is -2.24. The quantitative estimate of drug-likeness (QED) is 0.766. The van der Waals surface area contributed by atoms with Crippen molar-refractivity contribution < 1.29 is 12.8 Å². The van der Waals surface area contributed by atoms with Gasteiger partial charge in [0.15, 0.2) is 0 Å². The number of benzene rings is 1. The minimum Gasteiger partial charge on any atom is -0.207 e. The van der Waals surface area contributed by atoms with E-state index in [4.69, 9.17) is 11.6 Å². The summed E-state index contributed by atoms with van der Waals surface area (Å²) in [4.78, 5) is 0.780. The lowest BCUT2D eigenvalue weighted by atomic mass is 10.1. The van der Waals surface area contributed by atoms with E-state index in [1.165, 1.54) is 23.5 Å². The first kappa shape index (κ1) is 16.4. The number of sulfonamides is 1. The van der Waals surface area contributed by atoms with Gasteiger partial charge in [-0.15, -0.1) is 22.9 Å². The van der Waals surface area contributed by atoms with E-state index in [-0.39, 0.29) is 10.1 Å². The van der Waals surface area contributed by atoms with Crippen LogP contribution in [0, 0.1) is 5.82 Å². The van der Waals surface area contributed by atoms with Gasteiger partial charge in [0.05, 0.1) is 5.88 Å². The van der Waals surface area contributed by atoms with Crippen LogP contribution in [0.3, 0.4) is 0 Å². The molecule has 1 aromatic heterocycles. The highest BCUT2D eigenvalue weighted by molar-refractivity contribution is 7.91. The van der Waals surface area contributed by atoms with Crippen LogP contribution in [0.5, 0.6) is 0 Å². The van der Waals surface area contributed by atoms with E-state index in [1.807, 2.05) is 0 Å². The van der Waals surface area contributed by atoms with Gasteiger partial charge in [0.2, 0.25) is 0 Å². The molecule has 0 saturated heterocycles. The average Bonchev–Trinajstić information content (AvgIpc) is 2.96. The Morgan fingerprint density at radius 2 is 1.95 bits per heavy atom. The Morgan fingerprint density at radius 1 is 1.29 bits per heavy atom. The summed E-state index contributed by atoms with van der Waals surface area (Å²) in [6, 6.07) is 8.79. The Balaban J connectivity index is 2.34. The maximum Gasteiger partial charge on any atom is 0.252 e. The van der Waals surface area contributed by atoms with Gasteiger partial charge in [-0.2, -0.15) is 4.31 Å². The Kier molecular flexibility index (Phi) is 5.03. The molecule has 1 aromatic carbocycles. The number of rotatable bonds is 5. The molecule has 2 rings (SSSR count). The lowest BCUT2D eigenvalue weighted by molar-refractivity contribution is 0.388. The molecule has 0 fully saturated rings. The van der Waals surface area contributed by atoms with E-state index in [9.17, 15) is 12.8 Å². The number of hydrogen-bond acceptors (Lipinski definition) is 3. The van der Waals surface area contributed by atoms with E-state index in [0.717, 1.165) is 16.2 Å². The zero-order valence-electron chi connectivity index (χ0n) is 11.6. The van der Waals surface area contributed by atoms with Gasteiger partial charge < -0.3 is 0 Å². The van der Waals surface area contributed by atoms with E-state index < -0.39 is 21.9 Å². The van der Waals surface area contributed by atoms with Gasteiger partial charge >= 0.3 is 0 Å². The van der Waals surface area contributed by atoms with Gasteiger partial charge in [-0.1, -0.05) is 18.2 Å². The van der Waals surface area contributed by atoms with Crippen LogP contribution in [0.2, 0.25) is 0 Å². The summed E-state index contributed by atoms with van der Waals surface area (Å²) < 4.78 is 40.3. The maximum atomic E-state index is 13.8. The molecule has 1 heterocycles. The third kappa shape index (κ3) is 3.29. The fraction of sp³-hybridized carbons (Fsp3) is 0.286. The molecule has 0 aliphatic carbocycles. The normalized spacial score (nSPS) is 13.6. The van der Waals surface area contributed by atoms with Crippen LogP contribution in [0.25, 0.3) is 0 Å². The molecule has 1 unspecified atom stereocenters. The monoisotopic (exact) mass is 347 g/mol. The summed E-state index contributed by atoms with van der Waals surface area (Å²) in [5.41, 5.74) is 0.345. The van der Waals surface area contributed by atoms with Crippen molar-refractivity contribution in [1.82, 2.24) is 4.31 Å². The fourth-order valence-electron chi connectivity index (χ4n) is 1.93. The SMILES string of the molecule is CC(c1ccccc1F)N(C)S(=O)(=O)c1ccc(CCl)s1. The number of alkyl halides is 1. The Hall–Kier alpha value is -0.950. The fourth-order valence-corrected chi connectivity index (χ4v) is 4.92. The molecule has 114 valence electrons. The molecule has 0 radical (unpaired) electrons. The zero-order valence-corrected chi connectivity index (χ0v) is 14.0. The second-order valence-corrected chi connectivity index (χ2v) is 8.23. The van der Waals surface area contributed by atoms with E-state index >= 15 is 0 Å². The Labute approximate surface area is 133 Å². The summed E-state index contributed by atoms with van der Waals surface area (Å²) in [6.45, 7) is 1.66. The van der Waals surface area contributed by atoms with Gasteiger partial charge in [-0.25, -0.2) is 12.8 Å². The van der Waals surface area contributed by atoms with Crippen molar-refractivity contribution >= 4 is 33.0 Å². The highest BCUT2D eigenvalue weighted by Crippen LogP contribution is 2.31. The molecular formula is C14H15ClFNO2S2. The van der Waals surface area contributed by atoms with Crippen molar-refractivity contribution in [1.29, 1.82) is 0 Å². The van der Waals surface area contributed by atoms with Crippen LogP contribution in [0.1, 0.15) is 23.4 Å². The second-order valence-electron chi connectivity index (χ2n) is 4.57. The smallest absolute Gasteiger partial charge is 0.207 e. The van der Waals surface area contributed by atoms with Gasteiger partial charge in [0.1, 0.15) is 10.0 Å². The molecule has 0 aliphatic heterocycles. The Morgan fingerprint density at radius 3 is 2.52 bits per heavy atom. The summed E-state index contributed by atoms with van der Waals surface area (Å²) in [6.07, 6.45) is 0. The summed E-state index contributed by atoms with van der Waals surface area (Å²) in [7, 11) is -2.21. The molecule has 1 atom stereocenters.